The van der Waals surface area contributed by atoms with Gasteiger partial charge in [0.05, 0.1) is 22.7 Å². The van der Waals surface area contributed by atoms with Gasteiger partial charge in [-0.05, 0) is 72.1 Å². The third kappa shape index (κ3) is 4.06. The Kier molecular flexibility index (Phi) is 5.69. The number of aromatic nitrogens is 3. The average molecular weight is 487 g/mol. The van der Waals surface area contributed by atoms with Crippen LogP contribution < -0.4 is 4.73 Å². The first-order valence-corrected chi connectivity index (χ1v) is 12.6. The van der Waals surface area contributed by atoms with Gasteiger partial charge in [0.25, 0.3) is 0 Å². The summed E-state index contributed by atoms with van der Waals surface area (Å²) in [5, 5.41) is 13.2. The number of halogens is 1. The molecule has 1 unspecified atom stereocenters. The van der Waals surface area contributed by atoms with Crippen LogP contribution in [0.1, 0.15) is 46.7 Å². The van der Waals surface area contributed by atoms with Crippen molar-refractivity contribution in [3.63, 3.8) is 0 Å². The van der Waals surface area contributed by atoms with E-state index in [-0.39, 0.29) is 11.8 Å². The fraction of sp³-hybridized carbons (Fsp3) is 0.321. The minimum atomic E-state index is 0.117. The first-order valence-electron chi connectivity index (χ1n) is 12.3. The van der Waals surface area contributed by atoms with E-state index in [2.05, 4.69) is 23.2 Å². The molecule has 1 N–H and O–H groups in total. The Morgan fingerprint density at radius 3 is 2.71 bits per heavy atom. The zero-order chi connectivity index (χ0) is 23.9. The third-order valence-corrected chi connectivity index (χ3v) is 8.01. The Bertz CT molecular complexity index is 1390. The van der Waals surface area contributed by atoms with Crippen LogP contribution in [0.25, 0.3) is 10.9 Å². The summed E-state index contributed by atoms with van der Waals surface area (Å²) in [6, 6.07) is 12.0. The number of pyridine rings is 2. The van der Waals surface area contributed by atoms with Crippen molar-refractivity contribution >= 4 is 28.4 Å². The summed E-state index contributed by atoms with van der Waals surface area (Å²) >= 11 is 6.65. The fourth-order valence-electron chi connectivity index (χ4n) is 5.98. The van der Waals surface area contributed by atoms with Gasteiger partial charge in [-0.15, -0.1) is 0 Å². The van der Waals surface area contributed by atoms with Crippen LogP contribution in [0, 0.1) is 11.1 Å². The maximum atomic E-state index is 13.0. The monoisotopic (exact) mass is 486 g/mol. The first kappa shape index (κ1) is 22.1. The molecule has 0 spiro atoms. The number of hydrogen-bond acceptors (Lipinski definition) is 3. The second-order valence-electron chi connectivity index (χ2n) is 9.68. The number of likely N-dealkylation sites (tertiary alicyclic amines) is 1. The van der Waals surface area contributed by atoms with Crippen molar-refractivity contribution in [2.45, 2.75) is 38.0 Å². The summed E-state index contributed by atoms with van der Waals surface area (Å²) in [6.45, 7) is 1.46. The second kappa shape index (κ2) is 9.00. The number of H-pyrrole nitrogens is 1. The fourth-order valence-corrected chi connectivity index (χ4v) is 6.27. The predicted molar refractivity (Wildman–Crippen MR) is 135 cm³/mol. The van der Waals surface area contributed by atoms with Crippen LogP contribution >= 0.6 is 11.6 Å². The number of fused-ring (bicyclic) bond motifs is 4. The maximum absolute atomic E-state index is 13.0. The topological polar surface area (TPSA) is 75.9 Å². The standard InChI is InChI=1S/C28H27ClN4O2/c29-23-17-21-4-3-20-2-1-10-30-27(20)26(25(21)22-5-11-31-28(22)23)19-8-12-32(13-9-19)24(34)16-18-6-14-33(35)15-7-18/h1-2,5-7,10-11,14-15,17,19,26,31H,3-4,8-9,12-13,16H2. The zero-order valence-corrected chi connectivity index (χ0v) is 20.2. The van der Waals surface area contributed by atoms with E-state index in [1.165, 1.54) is 40.2 Å². The number of benzene rings is 1. The van der Waals surface area contributed by atoms with Gasteiger partial charge in [-0.1, -0.05) is 17.7 Å². The summed E-state index contributed by atoms with van der Waals surface area (Å²) in [6.07, 6.45) is 10.8. The minimum absolute atomic E-state index is 0.117. The number of piperidine rings is 1. The number of carbonyl (C=O) groups is 1. The van der Waals surface area contributed by atoms with Gasteiger partial charge in [-0.2, -0.15) is 4.73 Å². The number of nitrogens with one attached hydrogen (secondary N) is 1. The largest absolute Gasteiger partial charge is 0.619 e. The summed E-state index contributed by atoms with van der Waals surface area (Å²) < 4.78 is 0.741. The molecule has 4 aromatic rings. The highest BCUT2D eigenvalue weighted by molar-refractivity contribution is 6.35. The molecule has 0 bridgehead atoms. The Morgan fingerprint density at radius 2 is 1.91 bits per heavy atom. The van der Waals surface area contributed by atoms with Crippen LogP contribution in [0.4, 0.5) is 0 Å². The number of hydrogen-bond donors (Lipinski definition) is 1. The highest BCUT2D eigenvalue weighted by Crippen LogP contribution is 2.46. The number of nitrogens with zero attached hydrogens (tertiary/aromatic N) is 3. The molecule has 1 aliphatic heterocycles. The molecule has 35 heavy (non-hydrogen) atoms. The van der Waals surface area contributed by atoms with E-state index < -0.39 is 0 Å². The van der Waals surface area contributed by atoms with Crippen molar-refractivity contribution in [3.8, 4) is 0 Å². The molecule has 1 atom stereocenters. The molecule has 0 radical (unpaired) electrons. The molecule has 6 rings (SSSR count). The maximum Gasteiger partial charge on any atom is 0.226 e. The molecule has 6 nitrogen and oxygen atoms in total. The van der Waals surface area contributed by atoms with Gasteiger partial charge in [0.1, 0.15) is 0 Å². The van der Waals surface area contributed by atoms with E-state index in [0.717, 1.165) is 59.6 Å². The molecule has 7 heteroatoms. The quantitative estimate of drug-likeness (QED) is 0.340. The number of aromatic amines is 1. The Labute approximate surface area is 209 Å². The highest BCUT2D eigenvalue weighted by Gasteiger charge is 2.36. The summed E-state index contributed by atoms with van der Waals surface area (Å²) in [4.78, 5) is 23.2. The van der Waals surface area contributed by atoms with E-state index in [0.29, 0.717) is 12.3 Å². The molecule has 178 valence electrons. The summed E-state index contributed by atoms with van der Waals surface area (Å²) in [7, 11) is 0. The first-order chi connectivity index (χ1) is 17.1. The normalized spacial score (nSPS) is 18.2. The van der Waals surface area contributed by atoms with Crippen molar-refractivity contribution in [3.05, 3.63) is 99.4 Å². The molecule has 0 saturated carbocycles. The zero-order valence-electron chi connectivity index (χ0n) is 19.4. The summed E-state index contributed by atoms with van der Waals surface area (Å²) in [5.74, 6) is 0.685. The van der Waals surface area contributed by atoms with Crippen molar-refractivity contribution in [1.29, 1.82) is 0 Å². The van der Waals surface area contributed by atoms with Crippen LogP contribution in [0.2, 0.25) is 5.02 Å². The van der Waals surface area contributed by atoms with Crippen LogP contribution in [0.3, 0.4) is 0 Å². The van der Waals surface area contributed by atoms with Crippen LogP contribution in [-0.2, 0) is 24.1 Å². The van der Waals surface area contributed by atoms with E-state index in [4.69, 9.17) is 16.6 Å². The lowest BCUT2D eigenvalue weighted by Crippen LogP contribution is -2.41. The van der Waals surface area contributed by atoms with Crippen molar-refractivity contribution in [2.24, 2.45) is 5.92 Å². The lowest BCUT2D eigenvalue weighted by molar-refractivity contribution is -0.605. The van der Waals surface area contributed by atoms with Crippen LogP contribution in [0.15, 0.2) is 61.2 Å². The van der Waals surface area contributed by atoms with Gasteiger partial charge in [0.15, 0.2) is 12.4 Å². The van der Waals surface area contributed by atoms with Gasteiger partial charge in [-0.25, -0.2) is 0 Å². The van der Waals surface area contributed by atoms with Gasteiger partial charge in [0.2, 0.25) is 5.91 Å². The number of rotatable bonds is 3. The highest BCUT2D eigenvalue weighted by atomic mass is 35.5. The number of amides is 1. The second-order valence-corrected chi connectivity index (χ2v) is 10.1. The molecule has 2 aliphatic rings. The van der Waals surface area contributed by atoms with Crippen molar-refractivity contribution in [2.75, 3.05) is 13.1 Å². The van der Waals surface area contributed by atoms with Gasteiger partial charge in [0, 0.05) is 48.9 Å². The van der Waals surface area contributed by atoms with Gasteiger partial charge in [-0.3, -0.25) is 9.78 Å². The minimum Gasteiger partial charge on any atom is -0.619 e. The Morgan fingerprint density at radius 1 is 1.14 bits per heavy atom. The average Bonchev–Trinajstić information content (AvgIpc) is 3.31. The van der Waals surface area contributed by atoms with Crippen molar-refractivity contribution < 1.29 is 9.52 Å². The van der Waals surface area contributed by atoms with Gasteiger partial charge >= 0.3 is 0 Å². The molecule has 1 fully saturated rings. The Hall–Kier alpha value is -3.38. The van der Waals surface area contributed by atoms with Crippen LogP contribution in [0.5, 0.6) is 0 Å². The molecule has 1 saturated heterocycles. The lowest BCUT2D eigenvalue weighted by Gasteiger charge is -2.37. The van der Waals surface area contributed by atoms with E-state index in [1.54, 1.807) is 12.1 Å². The molecule has 1 aromatic carbocycles. The van der Waals surface area contributed by atoms with E-state index in [1.807, 2.05) is 23.4 Å². The number of carbonyl (C=O) groups excluding carboxylic acids is 1. The van der Waals surface area contributed by atoms with Crippen LogP contribution in [-0.4, -0.2) is 33.9 Å². The number of aryl methyl sites for hydroxylation is 2. The molecule has 4 heterocycles. The SMILES string of the molecule is O=C(Cc1cc[n+]([O-])cc1)N1CCC(C2c3ncccc3CCc3cc(Cl)c4[nH]ccc4c32)CC1. The third-order valence-electron chi connectivity index (χ3n) is 7.71. The molecule has 1 aliphatic carbocycles. The summed E-state index contributed by atoms with van der Waals surface area (Å²) in [5.41, 5.74) is 7.01. The van der Waals surface area contributed by atoms with E-state index in [9.17, 15) is 10.0 Å². The molecule has 1 amide bonds. The Balaban J connectivity index is 1.30. The smallest absolute Gasteiger partial charge is 0.226 e. The van der Waals surface area contributed by atoms with Crippen molar-refractivity contribution in [1.82, 2.24) is 14.9 Å². The lowest BCUT2D eigenvalue weighted by atomic mass is 9.75. The van der Waals surface area contributed by atoms with E-state index >= 15 is 0 Å². The molecular weight excluding hydrogens is 460 g/mol. The predicted octanol–water partition coefficient (Wildman–Crippen LogP) is 4.56. The van der Waals surface area contributed by atoms with Gasteiger partial charge < -0.3 is 15.1 Å². The molecule has 3 aromatic heterocycles. The molecular formula is C28H27ClN4O2.